The number of carbonyl (C=O) groups is 2. The molecule has 0 aliphatic carbocycles. The quantitative estimate of drug-likeness (QED) is 0.583. The first-order valence-electron chi connectivity index (χ1n) is 8.38. The summed E-state index contributed by atoms with van der Waals surface area (Å²) < 4.78 is 6.64. The molecule has 1 aliphatic rings. The fourth-order valence-corrected chi connectivity index (χ4v) is 2.60. The summed E-state index contributed by atoms with van der Waals surface area (Å²) in [5.41, 5.74) is 0.517. The molecule has 0 fully saturated rings. The van der Waals surface area contributed by atoms with Crippen LogP contribution in [-0.4, -0.2) is 33.5 Å². The van der Waals surface area contributed by atoms with Crippen molar-refractivity contribution in [3.63, 3.8) is 0 Å². The van der Waals surface area contributed by atoms with E-state index in [9.17, 15) is 9.59 Å². The van der Waals surface area contributed by atoms with Crippen molar-refractivity contribution >= 4 is 23.3 Å². The van der Waals surface area contributed by atoms with E-state index in [1.54, 1.807) is 35.9 Å². The molecule has 2 aromatic rings. The molecule has 0 saturated heterocycles. The predicted molar refractivity (Wildman–Crippen MR) is 94.7 cm³/mol. The summed E-state index contributed by atoms with van der Waals surface area (Å²) in [5.74, 6) is 2.45. The number of nitrogens with one attached hydrogen (secondary N) is 1. The van der Waals surface area contributed by atoms with Gasteiger partial charge in [0.2, 0.25) is 5.91 Å². The van der Waals surface area contributed by atoms with Gasteiger partial charge in [-0.25, -0.2) is 9.78 Å². The van der Waals surface area contributed by atoms with E-state index >= 15 is 0 Å². The molecule has 134 valence electrons. The number of hydrogen-bond donors (Lipinski definition) is 1. The molecule has 3 rings (SSSR count). The molecule has 3 heterocycles. The fourth-order valence-electron chi connectivity index (χ4n) is 2.60. The fraction of sp³-hybridized carbons (Fsp3) is 0.389. The normalized spacial score (nSPS) is 14.0. The van der Waals surface area contributed by atoms with Gasteiger partial charge in [0.1, 0.15) is 11.5 Å². The minimum Gasteiger partial charge on any atom is -0.462 e. The highest BCUT2D eigenvalue weighted by molar-refractivity contribution is 5.91. The lowest BCUT2D eigenvalue weighted by Gasteiger charge is -2.09. The number of terminal acetylenes is 1. The second-order valence-corrected chi connectivity index (χ2v) is 5.94. The number of carbonyl (C=O) groups excluding carboxylic acids is 2. The Bertz CT molecular complexity index is 903. The van der Waals surface area contributed by atoms with Crippen LogP contribution in [0.5, 0.6) is 0 Å². The van der Waals surface area contributed by atoms with Crippen LogP contribution in [0.1, 0.15) is 43.0 Å². The Balaban J connectivity index is 1.65. The molecule has 1 amide bonds. The minimum atomic E-state index is -0.486. The smallest absolute Gasteiger partial charge is 0.339 e. The SMILES string of the molecule is C#CCCC1(CCC(=O)Nc2cnc3ccc(C(=O)OCC)cn23)N=N1. The lowest BCUT2D eigenvalue weighted by molar-refractivity contribution is -0.116. The summed E-state index contributed by atoms with van der Waals surface area (Å²) in [6.45, 7) is 2.04. The van der Waals surface area contributed by atoms with Gasteiger partial charge in [0.05, 0.1) is 18.4 Å². The Morgan fingerprint density at radius 3 is 2.85 bits per heavy atom. The largest absolute Gasteiger partial charge is 0.462 e. The van der Waals surface area contributed by atoms with Crippen LogP contribution in [0.25, 0.3) is 5.65 Å². The van der Waals surface area contributed by atoms with Gasteiger partial charge in [0.15, 0.2) is 5.66 Å². The average molecular weight is 353 g/mol. The van der Waals surface area contributed by atoms with Crippen molar-refractivity contribution in [1.29, 1.82) is 0 Å². The highest BCUT2D eigenvalue weighted by atomic mass is 16.5. The summed E-state index contributed by atoms with van der Waals surface area (Å²) in [7, 11) is 0. The van der Waals surface area contributed by atoms with Gasteiger partial charge in [-0.05, 0) is 19.1 Å². The van der Waals surface area contributed by atoms with E-state index in [0.29, 0.717) is 42.9 Å². The number of aromatic nitrogens is 2. The van der Waals surface area contributed by atoms with Crippen molar-refractivity contribution in [1.82, 2.24) is 9.38 Å². The van der Waals surface area contributed by atoms with Crippen molar-refractivity contribution < 1.29 is 14.3 Å². The van der Waals surface area contributed by atoms with E-state index in [1.165, 1.54) is 0 Å². The zero-order chi connectivity index (χ0) is 18.6. The Kier molecular flexibility index (Phi) is 4.98. The molecule has 0 spiro atoms. The first-order chi connectivity index (χ1) is 12.6. The second kappa shape index (κ2) is 7.35. The molecule has 0 unspecified atom stereocenters. The standard InChI is InChI=1S/C18H19N5O3/c1-3-5-9-18(21-22-18)10-8-16(24)20-15-11-19-14-7-6-13(12-23(14)15)17(25)26-4-2/h1,6-7,11-12H,4-5,8-10H2,2H3,(H,20,24). The Labute approximate surface area is 150 Å². The van der Waals surface area contributed by atoms with Gasteiger partial charge < -0.3 is 10.1 Å². The minimum absolute atomic E-state index is 0.175. The summed E-state index contributed by atoms with van der Waals surface area (Å²) in [6, 6.07) is 3.33. The van der Waals surface area contributed by atoms with Crippen molar-refractivity contribution in [2.45, 2.75) is 38.3 Å². The van der Waals surface area contributed by atoms with E-state index in [2.05, 4.69) is 26.4 Å². The van der Waals surface area contributed by atoms with E-state index < -0.39 is 11.6 Å². The van der Waals surface area contributed by atoms with Crippen LogP contribution >= 0.6 is 0 Å². The van der Waals surface area contributed by atoms with Gasteiger partial charge in [0.25, 0.3) is 0 Å². The molecule has 0 radical (unpaired) electrons. The number of rotatable bonds is 8. The van der Waals surface area contributed by atoms with Crippen LogP contribution in [-0.2, 0) is 9.53 Å². The maximum absolute atomic E-state index is 12.3. The molecule has 0 aromatic carbocycles. The van der Waals surface area contributed by atoms with Crippen molar-refractivity contribution in [2.75, 3.05) is 11.9 Å². The number of nitrogens with zero attached hydrogens (tertiary/aromatic N) is 4. The van der Waals surface area contributed by atoms with Crippen LogP contribution in [0, 0.1) is 12.3 Å². The molecule has 0 bridgehead atoms. The highest BCUT2D eigenvalue weighted by Crippen LogP contribution is 2.37. The molecule has 26 heavy (non-hydrogen) atoms. The lowest BCUT2D eigenvalue weighted by Crippen LogP contribution is -2.18. The van der Waals surface area contributed by atoms with Crippen LogP contribution in [0.15, 0.2) is 34.8 Å². The number of hydrogen-bond acceptors (Lipinski definition) is 6. The van der Waals surface area contributed by atoms with Gasteiger partial charge in [-0.3, -0.25) is 9.20 Å². The molecule has 8 nitrogen and oxygen atoms in total. The van der Waals surface area contributed by atoms with Crippen molar-refractivity contribution in [3.05, 3.63) is 30.1 Å². The van der Waals surface area contributed by atoms with Crippen LogP contribution in [0.4, 0.5) is 5.82 Å². The van der Waals surface area contributed by atoms with E-state index in [1.807, 2.05) is 0 Å². The van der Waals surface area contributed by atoms with Crippen LogP contribution in [0.3, 0.4) is 0 Å². The zero-order valence-electron chi connectivity index (χ0n) is 14.4. The molecular weight excluding hydrogens is 334 g/mol. The van der Waals surface area contributed by atoms with Gasteiger partial charge in [0, 0.05) is 31.9 Å². The van der Waals surface area contributed by atoms with Gasteiger partial charge in [-0.1, -0.05) is 0 Å². The van der Waals surface area contributed by atoms with Gasteiger partial charge in [-0.15, -0.1) is 12.3 Å². The topological polar surface area (TPSA) is 97.4 Å². The third-order valence-corrected chi connectivity index (χ3v) is 4.09. The maximum atomic E-state index is 12.3. The summed E-state index contributed by atoms with van der Waals surface area (Å²) in [4.78, 5) is 28.3. The first kappa shape index (κ1) is 17.6. The number of imidazole rings is 1. The Morgan fingerprint density at radius 1 is 1.35 bits per heavy atom. The summed E-state index contributed by atoms with van der Waals surface area (Å²) in [5, 5.41) is 10.8. The number of amides is 1. The third-order valence-electron chi connectivity index (χ3n) is 4.09. The lowest BCUT2D eigenvalue weighted by atomic mass is 10.0. The summed E-state index contributed by atoms with van der Waals surface area (Å²) in [6.07, 6.45) is 10.4. The zero-order valence-corrected chi connectivity index (χ0v) is 14.4. The summed E-state index contributed by atoms with van der Waals surface area (Å²) >= 11 is 0. The number of anilines is 1. The molecule has 1 N–H and O–H groups in total. The van der Waals surface area contributed by atoms with Crippen LogP contribution in [0.2, 0.25) is 0 Å². The molecule has 8 heteroatoms. The van der Waals surface area contributed by atoms with Gasteiger partial charge in [-0.2, -0.15) is 10.2 Å². The molecular formula is C18H19N5O3. The molecule has 1 aliphatic heterocycles. The Hall–Kier alpha value is -3.21. The second-order valence-electron chi connectivity index (χ2n) is 5.94. The monoisotopic (exact) mass is 353 g/mol. The number of fused-ring (bicyclic) bond motifs is 1. The number of esters is 1. The number of pyridine rings is 1. The van der Waals surface area contributed by atoms with Gasteiger partial charge >= 0.3 is 5.97 Å². The van der Waals surface area contributed by atoms with Crippen molar-refractivity contribution in [3.8, 4) is 12.3 Å². The van der Waals surface area contributed by atoms with Crippen molar-refractivity contribution in [2.24, 2.45) is 10.2 Å². The Morgan fingerprint density at radius 2 is 2.15 bits per heavy atom. The molecule has 0 saturated carbocycles. The van der Waals surface area contributed by atoms with E-state index in [4.69, 9.17) is 11.2 Å². The van der Waals surface area contributed by atoms with E-state index in [-0.39, 0.29) is 12.3 Å². The molecule has 2 aromatic heterocycles. The predicted octanol–water partition coefficient (Wildman–Crippen LogP) is 2.81. The highest BCUT2D eigenvalue weighted by Gasteiger charge is 2.39. The number of ether oxygens (including phenoxy) is 1. The maximum Gasteiger partial charge on any atom is 0.339 e. The first-order valence-corrected chi connectivity index (χ1v) is 8.38. The van der Waals surface area contributed by atoms with E-state index in [0.717, 1.165) is 0 Å². The van der Waals surface area contributed by atoms with Crippen LogP contribution < -0.4 is 5.32 Å². The average Bonchev–Trinajstić information content (AvgIpc) is 3.32. The molecule has 0 atom stereocenters. The third kappa shape index (κ3) is 3.88.